The highest BCUT2D eigenvalue weighted by Gasteiger charge is 2.32. The Labute approximate surface area is 123 Å². The first-order valence-corrected chi connectivity index (χ1v) is 7.09. The summed E-state index contributed by atoms with van der Waals surface area (Å²) in [5.41, 5.74) is -0.199. The van der Waals surface area contributed by atoms with Crippen LogP contribution in [0.1, 0.15) is 30.3 Å². The molecule has 2 unspecified atom stereocenters. The Bertz CT molecular complexity index is 579. The van der Waals surface area contributed by atoms with Crippen LogP contribution in [0.15, 0.2) is 36.7 Å². The van der Waals surface area contributed by atoms with E-state index in [4.69, 9.17) is 4.74 Å². The number of ether oxygens (including phenoxy) is 1. The zero-order valence-electron chi connectivity index (χ0n) is 11.7. The van der Waals surface area contributed by atoms with Gasteiger partial charge in [0.2, 0.25) is 0 Å². The lowest BCUT2D eigenvalue weighted by molar-refractivity contribution is -0.0966. The number of rotatable bonds is 4. The van der Waals surface area contributed by atoms with E-state index in [2.05, 4.69) is 10.1 Å². The van der Waals surface area contributed by atoms with Crippen LogP contribution < -0.4 is 0 Å². The van der Waals surface area contributed by atoms with Crippen LogP contribution in [-0.2, 0) is 11.3 Å². The minimum atomic E-state index is -0.947. The standard InChI is InChI=1S/C15H19N3O3/c19-13(12-5-2-1-3-6-12)14-16-11-17-18(14)9-15(20)7-4-8-21-10-15/h1-3,5-6,11,13,19-20H,4,7-10H2. The molecular formula is C15H19N3O3. The molecule has 2 atom stereocenters. The molecule has 2 heterocycles. The van der Waals surface area contributed by atoms with Gasteiger partial charge in [0.25, 0.3) is 0 Å². The third-order valence-corrected chi connectivity index (χ3v) is 3.75. The van der Waals surface area contributed by atoms with Gasteiger partial charge in [-0.3, -0.25) is 0 Å². The minimum absolute atomic E-state index is 0.270. The van der Waals surface area contributed by atoms with Crippen LogP contribution in [0, 0.1) is 0 Å². The molecule has 1 aromatic carbocycles. The molecule has 1 saturated heterocycles. The van der Waals surface area contributed by atoms with Gasteiger partial charge in [0.1, 0.15) is 18.0 Å². The average molecular weight is 289 g/mol. The molecular weight excluding hydrogens is 270 g/mol. The molecule has 1 aliphatic rings. The average Bonchev–Trinajstić information content (AvgIpc) is 2.95. The highest BCUT2D eigenvalue weighted by Crippen LogP contribution is 2.24. The minimum Gasteiger partial charge on any atom is -0.386 e. The molecule has 0 bridgehead atoms. The van der Waals surface area contributed by atoms with Gasteiger partial charge in [0.05, 0.1) is 13.2 Å². The Hall–Kier alpha value is -1.76. The fourth-order valence-electron chi connectivity index (χ4n) is 2.63. The lowest BCUT2D eigenvalue weighted by atomic mass is 9.96. The van der Waals surface area contributed by atoms with Crippen LogP contribution in [-0.4, -0.2) is 43.8 Å². The van der Waals surface area contributed by atoms with E-state index in [1.54, 1.807) is 4.68 Å². The van der Waals surface area contributed by atoms with Gasteiger partial charge in [-0.25, -0.2) is 9.67 Å². The van der Waals surface area contributed by atoms with Crippen molar-refractivity contribution < 1.29 is 14.9 Å². The summed E-state index contributed by atoms with van der Waals surface area (Å²) in [7, 11) is 0. The normalized spacial score (nSPS) is 23.9. The topological polar surface area (TPSA) is 80.4 Å². The first kappa shape index (κ1) is 14.2. The third-order valence-electron chi connectivity index (χ3n) is 3.75. The van der Waals surface area contributed by atoms with E-state index in [-0.39, 0.29) is 13.2 Å². The summed E-state index contributed by atoms with van der Waals surface area (Å²) in [5, 5.41) is 25.1. The van der Waals surface area contributed by atoms with Gasteiger partial charge in [0, 0.05) is 6.61 Å². The molecule has 6 nitrogen and oxygen atoms in total. The maximum atomic E-state index is 10.5. The molecule has 3 rings (SSSR count). The predicted octanol–water partition coefficient (Wildman–Crippen LogP) is 0.901. The molecule has 1 fully saturated rings. The van der Waals surface area contributed by atoms with Crippen LogP contribution in [0.5, 0.6) is 0 Å². The van der Waals surface area contributed by atoms with Crippen LogP contribution in [0.3, 0.4) is 0 Å². The van der Waals surface area contributed by atoms with Gasteiger partial charge >= 0.3 is 0 Å². The van der Waals surface area contributed by atoms with Gasteiger partial charge in [0.15, 0.2) is 5.82 Å². The lowest BCUT2D eigenvalue weighted by Gasteiger charge is -2.32. The van der Waals surface area contributed by atoms with Crippen molar-refractivity contribution in [3.8, 4) is 0 Å². The van der Waals surface area contributed by atoms with E-state index in [9.17, 15) is 10.2 Å². The van der Waals surface area contributed by atoms with Crippen LogP contribution in [0.25, 0.3) is 0 Å². The highest BCUT2D eigenvalue weighted by atomic mass is 16.5. The molecule has 6 heteroatoms. The molecule has 0 aliphatic carbocycles. The number of aromatic nitrogens is 3. The maximum Gasteiger partial charge on any atom is 0.160 e. The first-order chi connectivity index (χ1) is 10.2. The van der Waals surface area contributed by atoms with Crippen molar-refractivity contribution in [1.82, 2.24) is 14.8 Å². The van der Waals surface area contributed by atoms with E-state index >= 15 is 0 Å². The summed E-state index contributed by atoms with van der Waals surface area (Å²) in [6, 6.07) is 9.29. The Balaban J connectivity index is 1.81. The van der Waals surface area contributed by atoms with Crippen molar-refractivity contribution in [1.29, 1.82) is 0 Å². The second kappa shape index (κ2) is 5.93. The van der Waals surface area contributed by atoms with E-state index in [1.807, 2.05) is 30.3 Å². The summed E-state index contributed by atoms with van der Waals surface area (Å²) < 4.78 is 6.91. The fraction of sp³-hybridized carbons (Fsp3) is 0.467. The lowest BCUT2D eigenvalue weighted by Crippen LogP contribution is -2.43. The van der Waals surface area contributed by atoms with Crippen molar-refractivity contribution in [3.63, 3.8) is 0 Å². The number of hydrogen-bond acceptors (Lipinski definition) is 5. The third kappa shape index (κ3) is 3.12. The molecule has 0 spiro atoms. The van der Waals surface area contributed by atoms with Gasteiger partial charge < -0.3 is 14.9 Å². The van der Waals surface area contributed by atoms with E-state index in [0.717, 1.165) is 12.0 Å². The van der Waals surface area contributed by atoms with Crippen molar-refractivity contribution >= 4 is 0 Å². The second-order valence-electron chi connectivity index (χ2n) is 5.47. The second-order valence-corrected chi connectivity index (χ2v) is 5.47. The number of aliphatic hydroxyl groups is 2. The van der Waals surface area contributed by atoms with Gasteiger partial charge in [-0.05, 0) is 18.4 Å². The fourth-order valence-corrected chi connectivity index (χ4v) is 2.63. The molecule has 2 aromatic rings. The number of nitrogens with zero attached hydrogens (tertiary/aromatic N) is 3. The Kier molecular flexibility index (Phi) is 4.01. The largest absolute Gasteiger partial charge is 0.386 e. The zero-order valence-corrected chi connectivity index (χ0v) is 11.7. The molecule has 1 aliphatic heterocycles. The maximum absolute atomic E-state index is 10.5. The smallest absolute Gasteiger partial charge is 0.160 e. The van der Waals surface area contributed by atoms with E-state index in [1.165, 1.54) is 6.33 Å². The van der Waals surface area contributed by atoms with Crippen LogP contribution >= 0.6 is 0 Å². The summed E-state index contributed by atoms with van der Waals surface area (Å²) in [4.78, 5) is 4.14. The van der Waals surface area contributed by atoms with E-state index < -0.39 is 11.7 Å². The molecule has 1 aromatic heterocycles. The molecule has 2 N–H and O–H groups in total. The molecule has 0 saturated carbocycles. The summed E-state index contributed by atoms with van der Waals surface area (Å²) >= 11 is 0. The van der Waals surface area contributed by atoms with Gasteiger partial charge in [-0.2, -0.15) is 5.10 Å². The predicted molar refractivity (Wildman–Crippen MR) is 75.5 cm³/mol. The molecule has 21 heavy (non-hydrogen) atoms. The Morgan fingerprint density at radius 1 is 1.33 bits per heavy atom. The Morgan fingerprint density at radius 3 is 2.86 bits per heavy atom. The van der Waals surface area contributed by atoms with Gasteiger partial charge in [-0.15, -0.1) is 0 Å². The summed E-state index contributed by atoms with van der Waals surface area (Å²) in [5.74, 6) is 0.431. The van der Waals surface area contributed by atoms with Crippen molar-refractivity contribution in [2.45, 2.75) is 31.1 Å². The van der Waals surface area contributed by atoms with Crippen LogP contribution in [0.4, 0.5) is 0 Å². The highest BCUT2D eigenvalue weighted by molar-refractivity contribution is 5.22. The van der Waals surface area contributed by atoms with E-state index in [0.29, 0.717) is 18.9 Å². The summed E-state index contributed by atoms with van der Waals surface area (Å²) in [6.45, 7) is 1.24. The van der Waals surface area contributed by atoms with Crippen molar-refractivity contribution in [2.24, 2.45) is 0 Å². The molecule has 0 amide bonds. The summed E-state index contributed by atoms with van der Waals surface area (Å²) in [6.07, 6.45) is 2.02. The molecule has 0 radical (unpaired) electrons. The number of aliphatic hydroxyl groups excluding tert-OH is 1. The molecule has 112 valence electrons. The van der Waals surface area contributed by atoms with Gasteiger partial charge in [-0.1, -0.05) is 30.3 Å². The quantitative estimate of drug-likeness (QED) is 0.874. The monoisotopic (exact) mass is 289 g/mol. The first-order valence-electron chi connectivity index (χ1n) is 7.09. The van der Waals surface area contributed by atoms with Crippen LogP contribution in [0.2, 0.25) is 0 Å². The number of hydrogen-bond donors (Lipinski definition) is 2. The van der Waals surface area contributed by atoms with Crippen molar-refractivity contribution in [3.05, 3.63) is 48.0 Å². The number of benzene rings is 1. The zero-order chi connectivity index (χ0) is 14.7. The van der Waals surface area contributed by atoms with Crippen molar-refractivity contribution in [2.75, 3.05) is 13.2 Å². The SMILES string of the molecule is OC(c1ccccc1)c1ncnn1CC1(O)CCCOC1. The Morgan fingerprint density at radius 2 is 2.14 bits per heavy atom.